The van der Waals surface area contributed by atoms with Gasteiger partial charge < -0.3 is 5.11 Å². The zero-order chi connectivity index (χ0) is 15.5. The average molecular weight is 312 g/mol. The summed E-state index contributed by atoms with van der Waals surface area (Å²) in [5.74, 6) is 0.678. The van der Waals surface area contributed by atoms with Crippen LogP contribution in [-0.2, 0) is 5.75 Å². The molecule has 1 aromatic heterocycles. The lowest BCUT2D eigenvalue weighted by molar-refractivity contribution is 0.112. The van der Waals surface area contributed by atoms with Crippen LogP contribution >= 0.6 is 11.8 Å². The van der Waals surface area contributed by atoms with Gasteiger partial charge in [-0.15, -0.1) is 0 Å². The van der Waals surface area contributed by atoms with Gasteiger partial charge in [0, 0.05) is 16.7 Å². The molecule has 2 aromatic carbocycles. The molecule has 6 heteroatoms. The summed E-state index contributed by atoms with van der Waals surface area (Å²) in [6.45, 7) is 0. The molecule has 0 atom stereocenters. The first-order valence-corrected chi connectivity index (χ1v) is 7.55. The van der Waals surface area contributed by atoms with Gasteiger partial charge in [-0.3, -0.25) is 4.79 Å². The van der Waals surface area contributed by atoms with Crippen molar-refractivity contribution in [3.05, 3.63) is 59.7 Å². The molecule has 1 heterocycles. The van der Waals surface area contributed by atoms with Crippen molar-refractivity contribution >= 4 is 35.0 Å². The maximum atomic E-state index is 11.3. The molecule has 0 saturated heterocycles. The van der Waals surface area contributed by atoms with Crippen molar-refractivity contribution in [3.63, 3.8) is 0 Å². The van der Waals surface area contributed by atoms with Gasteiger partial charge in [0.15, 0.2) is 0 Å². The second-order valence-electron chi connectivity index (χ2n) is 4.67. The number of rotatable bonds is 4. The van der Waals surface area contributed by atoms with E-state index in [9.17, 15) is 14.7 Å². The third-order valence-corrected chi connectivity index (χ3v) is 4.26. The number of carbonyl (C=O) groups excluding carboxylic acids is 1. The summed E-state index contributed by atoms with van der Waals surface area (Å²) in [6.07, 6.45) is -0.404. The van der Waals surface area contributed by atoms with Crippen molar-refractivity contribution in [2.24, 2.45) is 0 Å². The van der Waals surface area contributed by atoms with Crippen LogP contribution in [0.15, 0.2) is 53.6 Å². The van der Waals surface area contributed by atoms with E-state index in [0.717, 1.165) is 16.5 Å². The van der Waals surface area contributed by atoms with E-state index in [1.807, 2.05) is 30.3 Å². The van der Waals surface area contributed by atoms with E-state index < -0.39 is 6.09 Å². The van der Waals surface area contributed by atoms with Gasteiger partial charge >= 0.3 is 6.09 Å². The maximum Gasteiger partial charge on any atom is 0.432 e. The van der Waals surface area contributed by atoms with Crippen LogP contribution in [0, 0.1) is 0 Å². The summed E-state index contributed by atoms with van der Waals surface area (Å²) in [4.78, 5) is 22.2. The van der Waals surface area contributed by atoms with Crippen molar-refractivity contribution in [3.8, 4) is 0 Å². The third kappa shape index (κ3) is 2.73. The molecular formula is C16H12N2O3S. The molecule has 22 heavy (non-hydrogen) atoms. The van der Waals surface area contributed by atoms with Crippen LogP contribution in [0.1, 0.15) is 15.9 Å². The number of nitrogens with zero attached hydrogens (tertiary/aromatic N) is 2. The summed E-state index contributed by atoms with van der Waals surface area (Å²) >= 11 is 1.45. The molecule has 0 aliphatic rings. The van der Waals surface area contributed by atoms with Crippen molar-refractivity contribution in [2.45, 2.75) is 10.8 Å². The van der Waals surface area contributed by atoms with Crippen molar-refractivity contribution in [1.29, 1.82) is 0 Å². The first kappa shape index (κ1) is 14.3. The number of aldehydes is 1. The predicted octanol–water partition coefficient (Wildman–Crippen LogP) is 3.67. The molecule has 0 fully saturated rings. The fourth-order valence-electron chi connectivity index (χ4n) is 2.16. The van der Waals surface area contributed by atoms with Crippen molar-refractivity contribution in [1.82, 2.24) is 9.78 Å². The number of carbonyl (C=O) groups is 2. The molecule has 0 aliphatic carbocycles. The van der Waals surface area contributed by atoms with E-state index in [4.69, 9.17) is 0 Å². The molecule has 0 radical (unpaired) electrons. The van der Waals surface area contributed by atoms with Crippen molar-refractivity contribution < 1.29 is 14.7 Å². The second-order valence-corrected chi connectivity index (χ2v) is 5.63. The van der Waals surface area contributed by atoms with Gasteiger partial charge in [-0.2, -0.15) is 9.78 Å². The molecule has 110 valence electrons. The normalized spacial score (nSPS) is 10.7. The van der Waals surface area contributed by atoms with E-state index in [-0.39, 0.29) is 0 Å². The lowest BCUT2D eigenvalue weighted by Crippen LogP contribution is -2.09. The number of hydrogen-bond donors (Lipinski definition) is 1. The molecule has 0 saturated carbocycles. The molecule has 0 aliphatic heterocycles. The maximum absolute atomic E-state index is 11.3. The Morgan fingerprint density at radius 1 is 1.23 bits per heavy atom. The molecule has 3 aromatic rings. The molecule has 0 bridgehead atoms. The smallest absolute Gasteiger partial charge is 0.432 e. The standard InChI is InChI=1S/C16H12N2O3S/c19-9-12-6-7-14-13(8-12)15(17-18(14)16(20)21)22-10-11-4-2-1-3-5-11/h1-9H,10H2,(H,20,21). The van der Waals surface area contributed by atoms with Crippen LogP contribution in [0.4, 0.5) is 4.79 Å². The minimum Gasteiger partial charge on any atom is -0.463 e. The summed E-state index contributed by atoms with van der Waals surface area (Å²) in [6, 6.07) is 14.7. The molecule has 0 amide bonds. The zero-order valence-corrected chi connectivity index (χ0v) is 12.3. The number of fused-ring (bicyclic) bond motifs is 1. The predicted molar refractivity (Wildman–Crippen MR) is 84.5 cm³/mol. The van der Waals surface area contributed by atoms with Gasteiger partial charge in [0.05, 0.1) is 5.52 Å². The third-order valence-electron chi connectivity index (χ3n) is 3.21. The molecule has 0 spiro atoms. The molecule has 1 N–H and O–H groups in total. The Hall–Kier alpha value is -2.60. The lowest BCUT2D eigenvalue weighted by atomic mass is 10.2. The fraction of sp³-hybridized carbons (Fsp3) is 0.0625. The molecule has 0 unspecified atom stereocenters. The Morgan fingerprint density at radius 3 is 2.68 bits per heavy atom. The highest BCUT2D eigenvalue weighted by atomic mass is 32.2. The largest absolute Gasteiger partial charge is 0.463 e. The quantitative estimate of drug-likeness (QED) is 0.588. The Balaban J connectivity index is 2.00. The Kier molecular flexibility index (Phi) is 3.93. The lowest BCUT2D eigenvalue weighted by Gasteiger charge is -1.99. The summed E-state index contributed by atoms with van der Waals surface area (Å²) < 4.78 is 0.942. The number of carboxylic acid groups (broad SMARTS) is 1. The minimum absolute atomic E-state index is 0.480. The van der Waals surface area contributed by atoms with Crippen LogP contribution in [-0.4, -0.2) is 27.3 Å². The summed E-state index contributed by atoms with van der Waals surface area (Å²) in [7, 11) is 0. The molecule has 5 nitrogen and oxygen atoms in total. The van der Waals surface area contributed by atoms with Gasteiger partial charge in [-0.05, 0) is 23.8 Å². The van der Waals surface area contributed by atoms with E-state index >= 15 is 0 Å². The van der Waals surface area contributed by atoms with E-state index in [1.165, 1.54) is 11.8 Å². The fourth-order valence-corrected chi connectivity index (χ4v) is 3.11. The highest BCUT2D eigenvalue weighted by molar-refractivity contribution is 7.98. The topological polar surface area (TPSA) is 72.2 Å². The highest BCUT2D eigenvalue weighted by Crippen LogP contribution is 2.30. The summed E-state index contributed by atoms with van der Waals surface area (Å²) in [5.41, 5.74) is 2.10. The Labute approximate surface area is 130 Å². The Bertz CT molecular complexity index is 843. The zero-order valence-electron chi connectivity index (χ0n) is 11.5. The van der Waals surface area contributed by atoms with Gasteiger partial charge in [-0.1, -0.05) is 42.1 Å². The monoisotopic (exact) mass is 312 g/mol. The Morgan fingerprint density at radius 2 is 2.00 bits per heavy atom. The molecule has 3 rings (SSSR count). The SMILES string of the molecule is O=Cc1ccc2c(c1)c(SCc1ccccc1)nn2C(=O)O. The van der Waals surface area contributed by atoms with Gasteiger partial charge in [0.25, 0.3) is 0 Å². The first-order chi connectivity index (χ1) is 10.7. The van der Waals surface area contributed by atoms with E-state index in [0.29, 0.717) is 27.2 Å². The van der Waals surface area contributed by atoms with Crippen molar-refractivity contribution in [2.75, 3.05) is 0 Å². The summed E-state index contributed by atoms with van der Waals surface area (Å²) in [5, 5.41) is 14.6. The number of thioether (sulfide) groups is 1. The number of benzene rings is 2. The number of hydrogen-bond acceptors (Lipinski definition) is 4. The average Bonchev–Trinajstić information content (AvgIpc) is 2.92. The van der Waals surface area contributed by atoms with Crippen LogP contribution in [0.2, 0.25) is 0 Å². The second kappa shape index (κ2) is 6.03. The molecular weight excluding hydrogens is 300 g/mol. The minimum atomic E-state index is -1.14. The van der Waals surface area contributed by atoms with Crippen LogP contribution in [0.5, 0.6) is 0 Å². The van der Waals surface area contributed by atoms with E-state index in [2.05, 4.69) is 5.10 Å². The van der Waals surface area contributed by atoms with E-state index in [1.54, 1.807) is 18.2 Å². The van der Waals surface area contributed by atoms with Crippen LogP contribution in [0.3, 0.4) is 0 Å². The highest BCUT2D eigenvalue weighted by Gasteiger charge is 2.15. The van der Waals surface area contributed by atoms with Gasteiger partial charge in [-0.25, -0.2) is 4.79 Å². The number of aromatic nitrogens is 2. The van der Waals surface area contributed by atoms with Crippen LogP contribution in [0.25, 0.3) is 10.9 Å². The van der Waals surface area contributed by atoms with Gasteiger partial charge in [0.2, 0.25) is 0 Å². The van der Waals surface area contributed by atoms with Crippen LogP contribution < -0.4 is 0 Å². The van der Waals surface area contributed by atoms with Gasteiger partial charge in [0.1, 0.15) is 11.3 Å². The first-order valence-electron chi connectivity index (χ1n) is 6.57.